The monoisotopic (exact) mass is 483 g/mol. The molecule has 4 heterocycles. The van der Waals surface area contributed by atoms with Gasteiger partial charge in [0.05, 0.1) is 22.3 Å². The Bertz CT molecular complexity index is 1380. The summed E-state index contributed by atoms with van der Waals surface area (Å²) in [6.07, 6.45) is 1.78. The maximum absolute atomic E-state index is 9.19. The van der Waals surface area contributed by atoms with Gasteiger partial charge < -0.3 is 9.80 Å². The van der Waals surface area contributed by atoms with Gasteiger partial charge in [-0.05, 0) is 57.2 Å². The molecule has 0 saturated carbocycles. The Morgan fingerprint density at radius 2 is 1.74 bits per heavy atom. The number of halogens is 1. The number of hydrogen-bond donors (Lipinski definition) is 0. The van der Waals surface area contributed by atoms with Crippen LogP contribution in [-0.4, -0.2) is 45.2 Å². The second kappa shape index (κ2) is 9.40. The van der Waals surface area contributed by atoms with Gasteiger partial charge >= 0.3 is 0 Å². The molecule has 1 aliphatic rings. The van der Waals surface area contributed by atoms with E-state index in [1.54, 1.807) is 6.20 Å². The summed E-state index contributed by atoms with van der Waals surface area (Å²) in [4.78, 5) is 19.0. The molecule has 3 aromatic heterocycles. The summed E-state index contributed by atoms with van der Waals surface area (Å²) in [5, 5.41) is 9.86. The molecule has 1 atom stereocenters. The van der Waals surface area contributed by atoms with Crippen LogP contribution in [0.4, 0.5) is 11.6 Å². The van der Waals surface area contributed by atoms with Crippen LogP contribution < -0.4 is 9.80 Å². The van der Waals surface area contributed by atoms with E-state index in [0.29, 0.717) is 16.5 Å². The molecule has 0 N–H and O–H groups in total. The third-order valence-corrected chi connectivity index (χ3v) is 6.74. The van der Waals surface area contributed by atoms with E-state index in [1.807, 2.05) is 42.5 Å². The summed E-state index contributed by atoms with van der Waals surface area (Å²) in [6, 6.07) is 19.8. The van der Waals surface area contributed by atoms with Crippen molar-refractivity contribution in [3.63, 3.8) is 0 Å². The number of pyridine rings is 1. The normalized spacial score (nSPS) is 15.8. The number of hydrogen-bond acceptors (Lipinski definition) is 6. The second-order valence-corrected chi connectivity index (χ2v) is 9.26. The van der Waals surface area contributed by atoms with Gasteiger partial charge in [0.25, 0.3) is 0 Å². The van der Waals surface area contributed by atoms with Gasteiger partial charge in [0.15, 0.2) is 0 Å². The Morgan fingerprint density at radius 1 is 1.00 bits per heavy atom. The first-order chi connectivity index (χ1) is 16.9. The minimum atomic E-state index is 0.185. The van der Waals surface area contributed by atoms with Crippen molar-refractivity contribution in [1.29, 1.82) is 5.26 Å². The van der Waals surface area contributed by atoms with Crippen molar-refractivity contribution in [2.24, 2.45) is 0 Å². The van der Waals surface area contributed by atoms with Gasteiger partial charge in [0.2, 0.25) is 5.95 Å². The highest BCUT2D eigenvalue weighted by molar-refractivity contribution is 6.32. The van der Waals surface area contributed by atoms with E-state index in [0.717, 1.165) is 53.9 Å². The molecule has 1 saturated heterocycles. The molecule has 1 aromatic carbocycles. The number of aromatic nitrogens is 4. The molecule has 35 heavy (non-hydrogen) atoms. The molecule has 8 heteroatoms. The number of aryl methyl sites for hydroxylation is 2. The van der Waals surface area contributed by atoms with E-state index < -0.39 is 0 Å². The number of nitrogens with zero attached hydrogens (tertiary/aromatic N) is 7. The number of nitriles is 1. The molecule has 176 valence electrons. The van der Waals surface area contributed by atoms with Gasteiger partial charge in [-0.15, -0.1) is 0 Å². The summed E-state index contributed by atoms with van der Waals surface area (Å²) in [7, 11) is 0. The smallest absolute Gasteiger partial charge is 0.236 e. The zero-order valence-electron chi connectivity index (χ0n) is 20.0. The number of rotatable bonds is 4. The summed E-state index contributed by atoms with van der Waals surface area (Å²) >= 11 is 6.42. The van der Waals surface area contributed by atoms with Crippen molar-refractivity contribution in [1.82, 2.24) is 19.5 Å². The summed E-state index contributed by atoms with van der Waals surface area (Å²) < 4.78 is 2.07. The van der Waals surface area contributed by atoms with Gasteiger partial charge in [0.1, 0.15) is 11.6 Å². The van der Waals surface area contributed by atoms with Crippen LogP contribution in [0.1, 0.15) is 23.9 Å². The summed E-state index contributed by atoms with van der Waals surface area (Å²) in [5.41, 5.74) is 4.55. The van der Waals surface area contributed by atoms with Crippen molar-refractivity contribution in [3.8, 4) is 23.3 Å². The second-order valence-electron chi connectivity index (χ2n) is 8.85. The molecule has 1 fully saturated rings. The molecule has 5 rings (SSSR count). The Morgan fingerprint density at radius 3 is 2.40 bits per heavy atom. The van der Waals surface area contributed by atoms with Crippen LogP contribution in [0.25, 0.3) is 17.2 Å². The highest BCUT2D eigenvalue weighted by Gasteiger charge is 2.27. The SMILES string of the molecule is Cc1ccc(C)n1-c1nc(-c2ccc(C#N)cc2)cc(N2CCN(c3ncccc3Cl)C[C@H]2C)n1. The Hall–Kier alpha value is -3.89. The number of benzene rings is 1. The molecule has 0 spiro atoms. The Kier molecular flexibility index (Phi) is 6.14. The predicted molar refractivity (Wildman–Crippen MR) is 139 cm³/mol. The largest absolute Gasteiger partial charge is 0.352 e. The first-order valence-corrected chi connectivity index (χ1v) is 12.0. The van der Waals surface area contributed by atoms with Crippen molar-refractivity contribution in [2.45, 2.75) is 26.8 Å². The molecule has 0 aliphatic carbocycles. The average molecular weight is 484 g/mol. The van der Waals surface area contributed by atoms with E-state index >= 15 is 0 Å². The molecule has 7 nitrogen and oxygen atoms in total. The van der Waals surface area contributed by atoms with E-state index in [-0.39, 0.29) is 6.04 Å². The van der Waals surface area contributed by atoms with Crippen LogP contribution in [0.15, 0.2) is 60.8 Å². The maximum Gasteiger partial charge on any atom is 0.236 e. The molecule has 0 bridgehead atoms. The first-order valence-electron chi connectivity index (χ1n) is 11.6. The van der Waals surface area contributed by atoms with Crippen LogP contribution in [0, 0.1) is 25.2 Å². The molecule has 1 aliphatic heterocycles. The molecule has 4 aromatic rings. The third-order valence-electron chi connectivity index (χ3n) is 6.44. The minimum Gasteiger partial charge on any atom is -0.352 e. The molecular formula is C27H26ClN7. The summed E-state index contributed by atoms with van der Waals surface area (Å²) in [6.45, 7) is 8.65. The van der Waals surface area contributed by atoms with Crippen LogP contribution in [0.2, 0.25) is 5.02 Å². The van der Waals surface area contributed by atoms with E-state index in [2.05, 4.69) is 58.3 Å². The van der Waals surface area contributed by atoms with E-state index in [4.69, 9.17) is 21.6 Å². The fourth-order valence-corrected chi connectivity index (χ4v) is 4.86. The minimum absolute atomic E-state index is 0.185. The number of anilines is 2. The highest BCUT2D eigenvalue weighted by Crippen LogP contribution is 2.30. The van der Waals surface area contributed by atoms with E-state index in [9.17, 15) is 5.26 Å². The van der Waals surface area contributed by atoms with Crippen LogP contribution in [-0.2, 0) is 0 Å². The quantitative estimate of drug-likeness (QED) is 0.398. The fourth-order valence-electron chi connectivity index (χ4n) is 4.62. The van der Waals surface area contributed by atoms with Gasteiger partial charge in [-0.2, -0.15) is 10.2 Å². The van der Waals surface area contributed by atoms with Gasteiger partial charge in [-0.3, -0.25) is 4.57 Å². The number of piperazine rings is 1. The first kappa shape index (κ1) is 22.9. The van der Waals surface area contributed by atoms with Crippen molar-refractivity contribution >= 4 is 23.2 Å². The standard InChI is InChI=1S/C27H26ClN7/c1-18-6-7-19(2)35(18)27-31-24(22-10-8-21(16-29)9-11-22)15-25(32-27)34-14-13-33(17-20(34)3)26-23(28)5-4-12-30-26/h4-12,15,20H,13-14,17H2,1-3H3/t20-/m1/s1. The Labute approximate surface area is 210 Å². The molecular weight excluding hydrogens is 458 g/mol. The maximum atomic E-state index is 9.19. The highest BCUT2D eigenvalue weighted by atomic mass is 35.5. The average Bonchev–Trinajstić information content (AvgIpc) is 3.21. The zero-order valence-corrected chi connectivity index (χ0v) is 20.7. The van der Waals surface area contributed by atoms with Crippen LogP contribution in [0.5, 0.6) is 0 Å². The van der Waals surface area contributed by atoms with Crippen molar-refractivity contribution in [2.75, 3.05) is 29.4 Å². The van der Waals surface area contributed by atoms with Gasteiger partial charge in [0, 0.05) is 54.9 Å². The molecule has 0 amide bonds. The third kappa shape index (κ3) is 4.45. The van der Waals surface area contributed by atoms with Crippen molar-refractivity contribution in [3.05, 3.63) is 82.8 Å². The Balaban J connectivity index is 1.53. The fraction of sp³-hybridized carbons (Fsp3) is 0.259. The zero-order chi connectivity index (χ0) is 24.5. The van der Waals surface area contributed by atoms with Crippen molar-refractivity contribution < 1.29 is 0 Å². The van der Waals surface area contributed by atoms with Crippen LogP contribution >= 0.6 is 11.6 Å². The van der Waals surface area contributed by atoms with Gasteiger partial charge in [-0.1, -0.05) is 23.7 Å². The topological polar surface area (TPSA) is 73.9 Å². The molecule has 0 unspecified atom stereocenters. The lowest BCUT2D eigenvalue weighted by molar-refractivity contribution is 0.542. The molecule has 0 radical (unpaired) electrons. The lowest BCUT2D eigenvalue weighted by Gasteiger charge is -2.41. The lowest BCUT2D eigenvalue weighted by atomic mass is 10.1. The van der Waals surface area contributed by atoms with E-state index in [1.165, 1.54) is 0 Å². The van der Waals surface area contributed by atoms with Crippen LogP contribution in [0.3, 0.4) is 0 Å². The van der Waals surface area contributed by atoms with Gasteiger partial charge in [-0.25, -0.2) is 9.97 Å². The summed E-state index contributed by atoms with van der Waals surface area (Å²) in [5.74, 6) is 2.34. The predicted octanol–water partition coefficient (Wildman–Crippen LogP) is 5.19. The lowest BCUT2D eigenvalue weighted by Crippen LogP contribution is -2.52.